The van der Waals surface area contributed by atoms with Gasteiger partial charge in [0.15, 0.2) is 0 Å². The van der Waals surface area contributed by atoms with E-state index in [1.54, 1.807) is 0 Å². The number of para-hydroxylation sites is 1. The van der Waals surface area contributed by atoms with Crippen LogP contribution < -0.4 is 11.3 Å². The molecule has 1 atom stereocenters. The van der Waals surface area contributed by atoms with Gasteiger partial charge in [-0.15, -0.1) is 0 Å². The van der Waals surface area contributed by atoms with Crippen molar-refractivity contribution in [3.05, 3.63) is 53.7 Å². The van der Waals surface area contributed by atoms with Gasteiger partial charge in [0.2, 0.25) is 0 Å². The summed E-state index contributed by atoms with van der Waals surface area (Å²) < 4.78 is 0. The summed E-state index contributed by atoms with van der Waals surface area (Å²) in [7, 11) is 0. The predicted molar refractivity (Wildman–Crippen MR) is 78.4 cm³/mol. The van der Waals surface area contributed by atoms with Crippen molar-refractivity contribution in [2.24, 2.45) is 5.84 Å². The number of pyridine rings is 1. The smallest absolute Gasteiger partial charge is 0.0841 e. The van der Waals surface area contributed by atoms with Crippen molar-refractivity contribution in [2.75, 3.05) is 0 Å². The maximum Gasteiger partial charge on any atom is 0.0841 e. The molecule has 0 spiro atoms. The molecule has 0 radical (unpaired) electrons. The van der Waals surface area contributed by atoms with Gasteiger partial charge in [0.25, 0.3) is 0 Å². The van der Waals surface area contributed by atoms with Crippen molar-refractivity contribution in [2.45, 2.75) is 31.7 Å². The minimum absolute atomic E-state index is 0.0462. The van der Waals surface area contributed by atoms with Gasteiger partial charge in [-0.1, -0.05) is 35.9 Å². The number of aromatic nitrogens is 1. The fourth-order valence-corrected chi connectivity index (χ4v) is 2.75. The highest BCUT2D eigenvalue weighted by Gasteiger charge is 2.18. The minimum Gasteiger partial charge on any atom is -0.271 e. The second-order valence-corrected chi connectivity index (χ2v) is 5.05. The fourth-order valence-electron chi connectivity index (χ4n) is 2.75. The van der Waals surface area contributed by atoms with Crippen molar-refractivity contribution >= 4 is 10.9 Å². The lowest BCUT2D eigenvalue weighted by Crippen LogP contribution is -2.30. The normalized spacial score (nSPS) is 17.2. The number of rotatable bonds is 3. The zero-order chi connectivity index (χ0) is 13.1. The van der Waals surface area contributed by atoms with Gasteiger partial charge >= 0.3 is 0 Å². The molecule has 1 aromatic carbocycles. The van der Waals surface area contributed by atoms with Crippen LogP contribution in [0.5, 0.6) is 0 Å². The van der Waals surface area contributed by atoms with Gasteiger partial charge in [0.05, 0.1) is 17.3 Å². The molecule has 0 bridgehead atoms. The lowest BCUT2D eigenvalue weighted by atomic mass is 9.92. The van der Waals surface area contributed by atoms with Gasteiger partial charge in [0.1, 0.15) is 0 Å². The molecule has 19 heavy (non-hydrogen) atoms. The number of benzene rings is 1. The fraction of sp³-hybridized carbons (Fsp3) is 0.312. The summed E-state index contributed by atoms with van der Waals surface area (Å²) in [5, 5.41) is 1.17. The Hall–Kier alpha value is -1.71. The number of hydrogen-bond acceptors (Lipinski definition) is 3. The van der Waals surface area contributed by atoms with E-state index in [-0.39, 0.29) is 6.04 Å². The molecular weight excluding hydrogens is 234 g/mol. The van der Waals surface area contributed by atoms with Crippen molar-refractivity contribution in [3.8, 4) is 0 Å². The second kappa shape index (κ2) is 5.51. The van der Waals surface area contributed by atoms with E-state index in [0.717, 1.165) is 24.1 Å². The zero-order valence-electron chi connectivity index (χ0n) is 11.0. The van der Waals surface area contributed by atoms with Crippen molar-refractivity contribution in [1.29, 1.82) is 0 Å². The molecule has 3 rings (SSSR count). The number of nitrogens with one attached hydrogen (secondary N) is 1. The Morgan fingerprint density at radius 3 is 2.79 bits per heavy atom. The molecule has 3 nitrogen and oxygen atoms in total. The first-order valence-corrected chi connectivity index (χ1v) is 6.89. The molecule has 98 valence electrons. The molecule has 1 aliphatic rings. The Balaban J connectivity index is 1.98. The van der Waals surface area contributed by atoms with Gasteiger partial charge in [-0.05, 0) is 37.8 Å². The Kier molecular flexibility index (Phi) is 3.58. The van der Waals surface area contributed by atoms with Crippen LogP contribution in [-0.4, -0.2) is 4.98 Å². The van der Waals surface area contributed by atoms with E-state index in [0.29, 0.717) is 0 Å². The van der Waals surface area contributed by atoms with Crippen molar-refractivity contribution in [3.63, 3.8) is 0 Å². The van der Waals surface area contributed by atoms with E-state index < -0.39 is 0 Å². The molecule has 0 saturated heterocycles. The summed E-state index contributed by atoms with van der Waals surface area (Å²) in [5.41, 5.74) is 6.33. The Morgan fingerprint density at radius 1 is 1.11 bits per heavy atom. The third-order valence-electron chi connectivity index (χ3n) is 3.78. The van der Waals surface area contributed by atoms with E-state index in [1.807, 2.05) is 18.2 Å². The molecule has 0 aliphatic heterocycles. The second-order valence-electron chi connectivity index (χ2n) is 5.05. The highest BCUT2D eigenvalue weighted by atomic mass is 15.2. The maximum absolute atomic E-state index is 5.75. The molecule has 1 unspecified atom stereocenters. The number of fused-ring (bicyclic) bond motifs is 1. The Labute approximate surface area is 113 Å². The molecule has 1 heterocycles. The van der Waals surface area contributed by atoms with Crippen LogP contribution >= 0.6 is 0 Å². The summed E-state index contributed by atoms with van der Waals surface area (Å²) in [6.45, 7) is 0. The SMILES string of the molecule is NNC(C1=CCCCC1)c1ccc2ccccc2n1. The first kappa shape index (κ1) is 12.3. The average molecular weight is 253 g/mol. The minimum atomic E-state index is 0.0462. The molecule has 1 aromatic heterocycles. The monoisotopic (exact) mass is 253 g/mol. The van der Waals surface area contributed by atoms with Gasteiger partial charge in [-0.3, -0.25) is 10.8 Å². The maximum atomic E-state index is 5.75. The highest BCUT2D eigenvalue weighted by molar-refractivity contribution is 5.78. The summed E-state index contributed by atoms with van der Waals surface area (Å²) >= 11 is 0. The van der Waals surface area contributed by atoms with Gasteiger partial charge in [0, 0.05) is 5.39 Å². The van der Waals surface area contributed by atoms with E-state index in [4.69, 9.17) is 10.8 Å². The van der Waals surface area contributed by atoms with Crippen LogP contribution in [0.3, 0.4) is 0 Å². The number of nitrogens with zero attached hydrogens (tertiary/aromatic N) is 1. The van der Waals surface area contributed by atoms with E-state index in [9.17, 15) is 0 Å². The number of nitrogens with two attached hydrogens (primary N) is 1. The van der Waals surface area contributed by atoms with E-state index in [1.165, 1.54) is 23.8 Å². The summed E-state index contributed by atoms with van der Waals surface area (Å²) in [4.78, 5) is 4.74. The third-order valence-corrected chi connectivity index (χ3v) is 3.78. The van der Waals surface area contributed by atoms with Crippen LogP contribution in [0.2, 0.25) is 0 Å². The highest BCUT2D eigenvalue weighted by Crippen LogP contribution is 2.29. The lowest BCUT2D eigenvalue weighted by molar-refractivity contribution is 0.557. The van der Waals surface area contributed by atoms with Gasteiger partial charge in [-0.25, -0.2) is 5.43 Å². The third kappa shape index (κ3) is 2.53. The number of hydrazine groups is 1. The summed E-state index contributed by atoms with van der Waals surface area (Å²) in [6, 6.07) is 12.4. The molecule has 0 fully saturated rings. The summed E-state index contributed by atoms with van der Waals surface area (Å²) in [5.74, 6) is 5.75. The molecule has 0 amide bonds. The van der Waals surface area contributed by atoms with Crippen LogP contribution in [-0.2, 0) is 0 Å². The Bertz CT molecular complexity index is 604. The van der Waals surface area contributed by atoms with Crippen LogP contribution in [0.15, 0.2) is 48.0 Å². The summed E-state index contributed by atoms with van der Waals surface area (Å²) in [6.07, 6.45) is 7.11. The van der Waals surface area contributed by atoms with Crippen LogP contribution in [0.1, 0.15) is 37.4 Å². The molecule has 3 heteroatoms. The zero-order valence-corrected chi connectivity index (χ0v) is 11.0. The van der Waals surface area contributed by atoms with Crippen LogP contribution in [0.4, 0.5) is 0 Å². The first-order valence-electron chi connectivity index (χ1n) is 6.89. The molecule has 0 saturated carbocycles. The van der Waals surface area contributed by atoms with Crippen LogP contribution in [0, 0.1) is 0 Å². The van der Waals surface area contributed by atoms with Gasteiger partial charge in [-0.2, -0.15) is 0 Å². The largest absolute Gasteiger partial charge is 0.271 e. The quantitative estimate of drug-likeness (QED) is 0.501. The number of allylic oxidation sites excluding steroid dienone is 1. The van der Waals surface area contributed by atoms with E-state index in [2.05, 4.69) is 29.7 Å². The topological polar surface area (TPSA) is 50.9 Å². The molecule has 3 N–H and O–H groups in total. The molecule has 1 aliphatic carbocycles. The van der Waals surface area contributed by atoms with Crippen molar-refractivity contribution in [1.82, 2.24) is 10.4 Å². The standard InChI is InChI=1S/C16H19N3/c17-19-16(13-7-2-1-3-8-13)15-11-10-12-6-4-5-9-14(12)18-15/h4-7,9-11,16,19H,1-3,8,17H2. The molecule has 2 aromatic rings. The number of hydrogen-bond donors (Lipinski definition) is 2. The molecular formula is C16H19N3. The lowest BCUT2D eigenvalue weighted by Gasteiger charge is -2.22. The average Bonchev–Trinajstić information content (AvgIpc) is 2.49. The van der Waals surface area contributed by atoms with E-state index >= 15 is 0 Å². The predicted octanol–water partition coefficient (Wildman–Crippen LogP) is 3.24. The van der Waals surface area contributed by atoms with Gasteiger partial charge < -0.3 is 0 Å². The van der Waals surface area contributed by atoms with Crippen molar-refractivity contribution < 1.29 is 0 Å². The Morgan fingerprint density at radius 2 is 2.00 bits per heavy atom. The van der Waals surface area contributed by atoms with Crippen LogP contribution in [0.25, 0.3) is 10.9 Å². The first-order chi connectivity index (χ1) is 9.38.